The van der Waals surface area contributed by atoms with Crippen LogP contribution in [0.3, 0.4) is 0 Å². The second-order valence-corrected chi connectivity index (χ2v) is 6.57. The van der Waals surface area contributed by atoms with E-state index in [0.717, 1.165) is 29.3 Å². The molecule has 3 heterocycles. The van der Waals surface area contributed by atoms with E-state index in [0.29, 0.717) is 22.4 Å². The van der Waals surface area contributed by atoms with Crippen LogP contribution in [0, 0.1) is 0 Å². The Balaban J connectivity index is 1.88. The lowest BCUT2D eigenvalue weighted by atomic mass is 10.1. The standard InChI is InChI=1S/C17H12ClF2N5/c18-12-3-1-2-10-8-21-25(14(10)12)17-11(9-4-5-9)6-7-13-22-16(15(19)20)23-24(13)17/h1-3,6-9,15H,4-5H2. The fourth-order valence-electron chi connectivity index (χ4n) is 3.18. The molecule has 0 radical (unpaired) electrons. The molecule has 0 spiro atoms. The van der Waals surface area contributed by atoms with E-state index in [1.807, 2.05) is 18.2 Å². The summed E-state index contributed by atoms with van der Waals surface area (Å²) in [6.07, 6.45) is 1.10. The molecule has 126 valence electrons. The zero-order valence-corrected chi connectivity index (χ0v) is 13.7. The van der Waals surface area contributed by atoms with Gasteiger partial charge in [-0.05, 0) is 30.9 Å². The smallest absolute Gasteiger partial charge is 0.213 e. The zero-order chi connectivity index (χ0) is 17.1. The van der Waals surface area contributed by atoms with Gasteiger partial charge in [-0.2, -0.15) is 9.61 Å². The first-order valence-corrected chi connectivity index (χ1v) is 8.31. The summed E-state index contributed by atoms with van der Waals surface area (Å²) in [4.78, 5) is 3.93. The van der Waals surface area contributed by atoms with Crippen LogP contribution in [-0.4, -0.2) is 24.4 Å². The third kappa shape index (κ3) is 2.22. The van der Waals surface area contributed by atoms with Crippen LogP contribution in [0.15, 0.2) is 36.5 Å². The summed E-state index contributed by atoms with van der Waals surface area (Å²) in [5.41, 5.74) is 2.11. The largest absolute Gasteiger partial charge is 0.299 e. The monoisotopic (exact) mass is 359 g/mol. The number of fused-ring (bicyclic) bond motifs is 2. The fraction of sp³-hybridized carbons (Fsp3) is 0.235. The molecule has 1 fully saturated rings. The lowest BCUT2D eigenvalue weighted by molar-refractivity contribution is 0.140. The molecule has 4 aromatic rings. The van der Waals surface area contributed by atoms with Crippen LogP contribution in [0.5, 0.6) is 0 Å². The number of benzene rings is 1. The first-order valence-electron chi connectivity index (χ1n) is 7.94. The molecule has 5 nitrogen and oxygen atoms in total. The van der Waals surface area contributed by atoms with Gasteiger partial charge in [-0.15, -0.1) is 5.10 Å². The number of rotatable bonds is 3. The normalized spacial score (nSPS) is 14.9. The van der Waals surface area contributed by atoms with Crippen molar-refractivity contribution in [3.8, 4) is 5.82 Å². The molecule has 25 heavy (non-hydrogen) atoms. The summed E-state index contributed by atoms with van der Waals surface area (Å²) in [6.45, 7) is 0. The first-order chi connectivity index (χ1) is 12.1. The Morgan fingerprint density at radius 3 is 2.76 bits per heavy atom. The van der Waals surface area contributed by atoms with Gasteiger partial charge in [0.25, 0.3) is 6.43 Å². The van der Waals surface area contributed by atoms with Gasteiger partial charge in [0.15, 0.2) is 11.5 Å². The Morgan fingerprint density at radius 2 is 2.00 bits per heavy atom. The third-order valence-electron chi connectivity index (χ3n) is 4.47. The molecule has 0 unspecified atom stereocenters. The van der Waals surface area contributed by atoms with Crippen LogP contribution in [0.4, 0.5) is 8.78 Å². The van der Waals surface area contributed by atoms with Crippen molar-refractivity contribution in [2.24, 2.45) is 0 Å². The van der Waals surface area contributed by atoms with Gasteiger partial charge in [-0.1, -0.05) is 29.8 Å². The van der Waals surface area contributed by atoms with Crippen LogP contribution in [0.25, 0.3) is 22.4 Å². The minimum Gasteiger partial charge on any atom is -0.213 e. The van der Waals surface area contributed by atoms with E-state index >= 15 is 0 Å². The topological polar surface area (TPSA) is 48.0 Å². The molecule has 8 heteroatoms. The van der Waals surface area contributed by atoms with Crippen molar-refractivity contribution in [3.63, 3.8) is 0 Å². The highest BCUT2D eigenvalue weighted by Crippen LogP contribution is 2.43. The number of nitrogens with zero attached hydrogens (tertiary/aromatic N) is 5. The summed E-state index contributed by atoms with van der Waals surface area (Å²) in [5, 5.41) is 9.90. The van der Waals surface area contributed by atoms with Crippen molar-refractivity contribution in [3.05, 3.63) is 52.9 Å². The highest BCUT2D eigenvalue weighted by Gasteiger charge is 2.30. The minimum absolute atomic E-state index is 0.366. The molecule has 0 atom stereocenters. The van der Waals surface area contributed by atoms with Crippen molar-refractivity contribution in [1.82, 2.24) is 24.4 Å². The average Bonchev–Trinajstić information content (AvgIpc) is 3.18. The number of halogens is 3. The second-order valence-electron chi connectivity index (χ2n) is 6.16. The Morgan fingerprint density at radius 1 is 1.16 bits per heavy atom. The van der Waals surface area contributed by atoms with Gasteiger partial charge < -0.3 is 0 Å². The molecule has 1 aromatic carbocycles. The van der Waals surface area contributed by atoms with Gasteiger partial charge in [-0.3, -0.25) is 0 Å². The lowest BCUT2D eigenvalue weighted by Gasteiger charge is -2.12. The molecule has 1 aliphatic rings. The van der Waals surface area contributed by atoms with Crippen LogP contribution in [0.2, 0.25) is 5.02 Å². The van der Waals surface area contributed by atoms with Crippen LogP contribution >= 0.6 is 11.6 Å². The molecule has 1 aliphatic carbocycles. The second kappa shape index (κ2) is 5.23. The molecule has 0 amide bonds. The predicted octanol–water partition coefficient (Wildman–Crippen LogP) is 4.54. The molecular weight excluding hydrogens is 348 g/mol. The Kier molecular flexibility index (Phi) is 3.09. The third-order valence-corrected chi connectivity index (χ3v) is 4.78. The van der Waals surface area contributed by atoms with Gasteiger partial charge in [0, 0.05) is 10.9 Å². The zero-order valence-electron chi connectivity index (χ0n) is 12.9. The van der Waals surface area contributed by atoms with E-state index in [1.54, 1.807) is 23.0 Å². The maximum Gasteiger partial charge on any atom is 0.299 e. The molecular formula is C17H12ClF2N5. The van der Waals surface area contributed by atoms with Crippen LogP contribution < -0.4 is 0 Å². The van der Waals surface area contributed by atoms with Gasteiger partial charge >= 0.3 is 0 Å². The van der Waals surface area contributed by atoms with E-state index in [4.69, 9.17) is 11.6 Å². The predicted molar refractivity (Wildman–Crippen MR) is 89.6 cm³/mol. The highest BCUT2D eigenvalue weighted by atomic mass is 35.5. The fourth-order valence-corrected chi connectivity index (χ4v) is 3.44. The number of hydrogen-bond acceptors (Lipinski definition) is 3. The maximum atomic E-state index is 13.1. The van der Waals surface area contributed by atoms with Crippen molar-refractivity contribution >= 4 is 28.2 Å². The van der Waals surface area contributed by atoms with Gasteiger partial charge in [0.2, 0.25) is 5.82 Å². The molecule has 0 saturated heterocycles. The molecule has 3 aromatic heterocycles. The van der Waals surface area contributed by atoms with Crippen molar-refractivity contribution in [1.29, 1.82) is 0 Å². The Labute approximate surface area is 145 Å². The summed E-state index contributed by atoms with van der Waals surface area (Å²) < 4.78 is 29.3. The number of para-hydroxylation sites is 1. The van der Waals surface area contributed by atoms with Crippen LogP contribution in [0.1, 0.15) is 36.6 Å². The number of alkyl halides is 2. The van der Waals surface area contributed by atoms with Crippen molar-refractivity contribution in [2.75, 3.05) is 0 Å². The quantitative estimate of drug-likeness (QED) is 0.539. The van der Waals surface area contributed by atoms with Gasteiger partial charge in [0.1, 0.15) is 0 Å². The van der Waals surface area contributed by atoms with E-state index in [-0.39, 0.29) is 0 Å². The van der Waals surface area contributed by atoms with E-state index < -0.39 is 12.2 Å². The summed E-state index contributed by atoms with van der Waals surface area (Å²) in [7, 11) is 0. The maximum absolute atomic E-state index is 13.1. The summed E-state index contributed by atoms with van der Waals surface area (Å²) in [6, 6.07) is 9.20. The number of aromatic nitrogens is 5. The molecule has 5 rings (SSSR count). The SMILES string of the molecule is FC(F)c1nc2ccc(C3CC3)c(-n3ncc4cccc(Cl)c43)n2n1. The lowest BCUT2D eigenvalue weighted by Crippen LogP contribution is -2.09. The molecule has 0 bridgehead atoms. The van der Waals surface area contributed by atoms with Crippen molar-refractivity contribution in [2.45, 2.75) is 25.2 Å². The Hall–Kier alpha value is -2.54. The summed E-state index contributed by atoms with van der Waals surface area (Å²) in [5.74, 6) is 0.514. The number of pyridine rings is 1. The number of hydrogen-bond donors (Lipinski definition) is 0. The molecule has 1 saturated carbocycles. The van der Waals surface area contributed by atoms with Crippen LogP contribution in [-0.2, 0) is 0 Å². The van der Waals surface area contributed by atoms with Gasteiger partial charge in [-0.25, -0.2) is 18.4 Å². The van der Waals surface area contributed by atoms with E-state index in [2.05, 4.69) is 15.2 Å². The average molecular weight is 360 g/mol. The summed E-state index contributed by atoms with van der Waals surface area (Å²) >= 11 is 6.38. The minimum atomic E-state index is -2.73. The molecule has 0 N–H and O–H groups in total. The van der Waals surface area contributed by atoms with Gasteiger partial charge in [0.05, 0.1) is 16.7 Å². The first kappa shape index (κ1) is 14.8. The van der Waals surface area contributed by atoms with E-state index in [9.17, 15) is 8.78 Å². The van der Waals surface area contributed by atoms with Crippen molar-refractivity contribution < 1.29 is 8.78 Å². The highest BCUT2D eigenvalue weighted by molar-refractivity contribution is 6.35. The van der Waals surface area contributed by atoms with E-state index in [1.165, 1.54) is 4.52 Å². The molecule has 0 aliphatic heterocycles. The Bertz CT molecular complexity index is 1110.